The summed E-state index contributed by atoms with van der Waals surface area (Å²) in [5, 5.41) is 1.97. The van der Waals surface area contributed by atoms with Crippen LogP contribution in [0.1, 0.15) is 27.7 Å². The zero-order valence-corrected chi connectivity index (χ0v) is 16.7. The van der Waals surface area contributed by atoms with Crippen LogP contribution in [0, 0.1) is 0 Å². The molecule has 0 amide bonds. The SMILES string of the molecule is COc1cc(OC)cc(C(=O)OC(c2ccccc2)c2nccc3ccccc23)c1. The molecule has 1 heterocycles. The van der Waals surface area contributed by atoms with E-state index in [2.05, 4.69) is 4.98 Å². The fourth-order valence-electron chi connectivity index (χ4n) is 3.36. The Kier molecular flexibility index (Phi) is 5.61. The van der Waals surface area contributed by atoms with Crippen LogP contribution in [0.25, 0.3) is 10.8 Å². The second kappa shape index (κ2) is 8.66. The van der Waals surface area contributed by atoms with Crippen LogP contribution in [0.2, 0.25) is 0 Å². The first-order valence-corrected chi connectivity index (χ1v) is 9.52. The number of fused-ring (bicyclic) bond motifs is 1. The lowest BCUT2D eigenvalue weighted by atomic mass is 10.0. The highest BCUT2D eigenvalue weighted by Gasteiger charge is 2.24. The van der Waals surface area contributed by atoms with Crippen molar-refractivity contribution in [2.45, 2.75) is 6.10 Å². The van der Waals surface area contributed by atoms with Gasteiger partial charge in [0.2, 0.25) is 0 Å². The number of hydrogen-bond acceptors (Lipinski definition) is 5. The molecule has 5 heteroatoms. The van der Waals surface area contributed by atoms with Gasteiger partial charge in [0.05, 0.1) is 25.5 Å². The van der Waals surface area contributed by atoms with E-state index in [0.717, 1.165) is 16.3 Å². The Morgan fingerprint density at radius 1 is 0.833 bits per heavy atom. The summed E-state index contributed by atoms with van der Waals surface area (Å²) in [5.41, 5.74) is 1.86. The van der Waals surface area contributed by atoms with Crippen molar-refractivity contribution in [3.05, 3.63) is 102 Å². The van der Waals surface area contributed by atoms with Gasteiger partial charge in [0.25, 0.3) is 0 Å². The van der Waals surface area contributed by atoms with Crippen molar-refractivity contribution in [1.29, 1.82) is 0 Å². The number of hydrogen-bond donors (Lipinski definition) is 0. The number of ether oxygens (including phenoxy) is 3. The fourth-order valence-corrected chi connectivity index (χ4v) is 3.36. The predicted octanol–water partition coefficient (Wildman–Crippen LogP) is 5.20. The first-order valence-electron chi connectivity index (χ1n) is 9.52. The molecule has 1 unspecified atom stereocenters. The second-order valence-corrected chi connectivity index (χ2v) is 6.71. The third-order valence-electron chi connectivity index (χ3n) is 4.87. The van der Waals surface area contributed by atoms with Gasteiger partial charge in [0.1, 0.15) is 11.5 Å². The van der Waals surface area contributed by atoms with E-state index in [-0.39, 0.29) is 0 Å². The molecular formula is C25H21NO4. The molecule has 4 aromatic rings. The third-order valence-corrected chi connectivity index (χ3v) is 4.87. The standard InChI is InChI=1S/C25H21NO4/c1-28-20-14-19(15-21(16-20)29-2)25(27)30-24(18-9-4-3-5-10-18)23-22-11-7-6-8-17(22)12-13-26-23/h3-16,24H,1-2H3. The Hall–Kier alpha value is -3.86. The second-order valence-electron chi connectivity index (χ2n) is 6.71. The summed E-state index contributed by atoms with van der Waals surface area (Å²) in [6, 6.07) is 24.4. The van der Waals surface area contributed by atoms with Gasteiger partial charge in [-0.15, -0.1) is 0 Å². The summed E-state index contributed by atoms with van der Waals surface area (Å²) in [7, 11) is 3.08. The molecule has 0 saturated heterocycles. The van der Waals surface area contributed by atoms with Crippen LogP contribution in [-0.2, 0) is 4.74 Å². The zero-order valence-electron chi connectivity index (χ0n) is 16.7. The smallest absolute Gasteiger partial charge is 0.339 e. The largest absolute Gasteiger partial charge is 0.497 e. The fraction of sp³-hybridized carbons (Fsp3) is 0.120. The van der Waals surface area contributed by atoms with Crippen molar-refractivity contribution in [3.8, 4) is 11.5 Å². The minimum absolute atomic E-state index is 0.340. The molecular weight excluding hydrogens is 378 g/mol. The van der Waals surface area contributed by atoms with Crippen molar-refractivity contribution in [2.24, 2.45) is 0 Å². The van der Waals surface area contributed by atoms with Crippen LogP contribution in [0.3, 0.4) is 0 Å². The molecule has 4 rings (SSSR count). The Balaban J connectivity index is 1.78. The van der Waals surface area contributed by atoms with Crippen LogP contribution in [0.15, 0.2) is 85.1 Å². The Morgan fingerprint density at radius 2 is 1.50 bits per heavy atom. The van der Waals surface area contributed by atoms with E-state index in [0.29, 0.717) is 22.8 Å². The monoisotopic (exact) mass is 399 g/mol. The Morgan fingerprint density at radius 3 is 2.20 bits per heavy atom. The molecule has 0 spiro atoms. The minimum atomic E-state index is -0.665. The van der Waals surface area contributed by atoms with E-state index < -0.39 is 12.1 Å². The Labute approximate surface area is 174 Å². The molecule has 5 nitrogen and oxygen atoms in total. The van der Waals surface area contributed by atoms with Crippen LogP contribution in [-0.4, -0.2) is 25.2 Å². The zero-order chi connectivity index (χ0) is 20.9. The molecule has 30 heavy (non-hydrogen) atoms. The Bertz CT molecular complexity index is 1150. The number of benzene rings is 3. The molecule has 0 bridgehead atoms. The number of methoxy groups -OCH3 is 2. The van der Waals surface area contributed by atoms with Crippen molar-refractivity contribution < 1.29 is 19.0 Å². The molecule has 0 fully saturated rings. The lowest BCUT2D eigenvalue weighted by Crippen LogP contribution is -2.15. The molecule has 0 aliphatic heterocycles. The minimum Gasteiger partial charge on any atom is -0.497 e. The summed E-state index contributed by atoms with van der Waals surface area (Å²) >= 11 is 0. The van der Waals surface area contributed by atoms with Gasteiger partial charge >= 0.3 is 5.97 Å². The van der Waals surface area contributed by atoms with Crippen molar-refractivity contribution in [3.63, 3.8) is 0 Å². The summed E-state index contributed by atoms with van der Waals surface area (Å²) < 4.78 is 16.6. The van der Waals surface area contributed by atoms with Gasteiger partial charge in [-0.1, -0.05) is 54.6 Å². The third kappa shape index (κ3) is 3.96. The lowest BCUT2D eigenvalue weighted by molar-refractivity contribution is 0.0372. The van der Waals surface area contributed by atoms with Gasteiger partial charge in [0, 0.05) is 17.6 Å². The summed E-state index contributed by atoms with van der Waals surface area (Å²) in [4.78, 5) is 17.7. The van der Waals surface area contributed by atoms with Crippen molar-refractivity contribution >= 4 is 16.7 Å². The molecule has 0 aliphatic carbocycles. The quantitative estimate of drug-likeness (QED) is 0.417. The van der Waals surface area contributed by atoms with E-state index in [1.165, 1.54) is 14.2 Å². The number of carbonyl (C=O) groups excluding carboxylic acids is 1. The first kappa shape index (κ1) is 19.5. The average molecular weight is 399 g/mol. The maximum Gasteiger partial charge on any atom is 0.339 e. The number of pyridine rings is 1. The predicted molar refractivity (Wildman–Crippen MR) is 115 cm³/mol. The normalized spacial score (nSPS) is 11.7. The first-order chi connectivity index (χ1) is 14.7. The van der Waals surface area contributed by atoms with E-state index in [1.54, 1.807) is 24.4 Å². The maximum absolute atomic E-state index is 13.1. The van der Waals surface area contributed by atoms with E-state index in [4.69, 9.17) is 14.2 Å². The van der Waals surface area contributed by atoms with E-state index in [1.807, 2.05) is 60.7 Å². The molecule has 0 aliphatic rings. The topological polar surface area (TPSA) is 57.7 Å². The number of aromatic nitrogens is 1. The summed E-state index contributed by atoms with van der Waals surface area (Å²) in [6.45, 7) is 0. The van der Waals surface area contributed by atoms with Gasteiger partial charge in [0.15, 0.2) is 6.10 Å². The van der Waals surface area contributed by atoms with Gasteiger partial charge in [-0.2, -0.15) is 0 Å². The highest BCUT2D eigenvalue weighted by molar-refractivity contribution is 5.91. The highest BCUT2D eigenvalue weighted by atomic mass is 16.5. The van der Waals surface area contributed by atoms with Gasteiger partial charge in [-0.25, -0.2) is 4.79 Å². The summed E-state index contributed by atoms with van der Waals surface area (Å²) in [6.07, 6.45) is 1.07. The highest BCUT2D eigenvalue weighted by Crippen LogP contribution is 2.32. The van der Waals surface area contributed by atoms with E-state index >= 15 is 0 Å². The van der Waals surface area contributed by atoms with Crippen LogP contribution in [0.4, 0.5) is 0 Å². The summed E-state index contributed by atoms with van der Waals surface area (Å²) in [5.74, 6) is 0.539. The molecule has 1 atom stereocenters. The van der Waals surface area contributed by atoms with Gasteiger partial charge in [-0.3, -0.25) is 4.98 Å². The van der Waals surface area contributed by atoms with Crippen molar-refractivity contribution in [2.75, 3.05) is 14.2 Å². The molecule has 1 aromatic heterocycles. The van der Waals surface area contributed by atoms with Crippen LogP contribution in [0.5, 0.6) is 11.5 Å². The number of nitrogens with zero attached hydrogens (tertiary/aromatic N) is 1. The maximum atomic E-state index is 13.1. The number of esters is 1. The van der Waals surface area contributed by atoms with Crippen LogP contribution >= 0.6 is 0 Å². The van der Waals surface area contributed by atoms with Gasteiger partial charge in [-0.05, 0) is 29.1 Å². The van der Waals surface area contributed by atoms with Crippen molar-refractivity contribution in [1.82, 2.24) is 4.98 Å². The lowest BCUT2D eigenvalue weighted by Gasteiger charge is -2.20. The van der Waals surface area contributed by atoms with Crippen LogP contribution < -0.4 is 9.47 Å². The molecule has 3 aromatic carbocycles. The average Bonchev–Trinajstić information content (AvgIpc) is 2.82. The van der Waals surface area contributed by atoms with E-state index in [9.17, 15) is 4.79 Å². The molecule has 0 N–H and O–H groups in total. The molecule has 0 radical (unpaired) electrons. The molecule has 0 saturated carbocycles. The molecule has 150 valence electrons. The van der Waals surface area contributed by atoms with Gasteiger partial charge < -0.3 is 14.2 Å². The number of carbonyl (C=O) groups is 1. The number of rotatable bonds is 6.